The molecule has 1 aromatic carbocycles. The second-order valence-corrected chi connectivity index (χ2v) is 5.52. The van der Waals surface area contributed by atoms with E-state index >= 15 is 0 Å². The van der Waals surface area contributed by atoms with Crippen molar-refractivity contribution < 1.29 is 24.2 Å². The average molecular weight is 319 g/mol. The molecule has 2 N–H and O–H groups in total. The summed E-state index contributed by atoms with van der Waals surface area (Å²) in [5, 5.41) is 12.0. The van der Waals surface area contributed by atoms with Crippen molar-refractivity contribution in [2.24, 2.45) is 0 Å². The zero-order valence-electron chi connectivity index (χ0n) is 13.3. The number of benzene rings is 1. The summed E-state index contributed by atoms with van der Waals surface area (Å²) in [6.07, 6.45) is 5.47. The lowest BCUT2D eigenvalue weighted by atomic mass is 9.98. The molecule has 0 atom stereocenters. The van der Waals surface area contributed by atoms with Crippen molar-refractivity contribution in [1.29, 1.82) is 0 Å². The number of hydrogen-bond acceptors (Lipinski definition) is 4. The molecule has 0 aliphatic heterocycles. The third kappa shape index (κ3) is 3.83. The van der Waals surface area contributed by atoms with Gasteiger partial charge in [0.25, 0.3) is 0 Å². The van der Waals surface area contributed by atoms with Crippen LogP contribution in [0.15, 0.2) is 24.3 Å². The topological polar surface area (TPSA) is 84.9 Å². The van der Waals surface area contributed by atoms with Crippen molar-refractivity contribution in [2.75, 3.05) is 14.2 Å². The predicted octanol–water partition coefficient (Wildman–Crippen LogP) is 2.23. The lowest BCUT2D eigenvalue weighted by Crippen LogP contribution is -2.52. The molecule has 2 rings (SSSR count). The van der Waals surface area contributed by atoms with Gasteiger partial charge in [-0.05, 0) is 31.1 Å². The molecule has 0 saturated heterocycles. The molecule has 0 aromatic heterocycles. The van der Waals surface area contributed by atoms with Gasteiger partial charge in [0.15, 0.2) is 0 Å². The van der Waals surface area contributed by atoms with Crippen molar-refractivity contribution in [3.8, 4) is 11.5 Å². The van der Waals surface area contributed by atoms with Crippen LogP contribution in [0.3, 0.4) is 0 Å². The SMILES string of the molecule is COc1ccc(/C=C/C(=O)NC2(C(=O)O)CCCC2)c(OC)c1. The Labute approximate surface area is 135 Å². The summed E-state index contributed by atoms with van der Waals surface area (Å²) in [7, 11) is 3.09. The van der Waals surface area contributed by atoms with E-state index in [0.717, 1.165) is 12.8 Å². The normalized spacial score (nSPS) is 16.3. The van der Waals surface area contributed by atoms with E-state index in [1.54, 1.807) is 31.4 Å². The highest BCUT2D eigenvalue weighted by atomic mass is 16.5. The smallest absolute Gasteiger partial charge is 0.329 e. The van der Waals surface area contributed by atoms with Gasteiger partial charge < -0.3 is 19.9 Å². The number of carboxylic acid groups (broad SMARTS) is 1. The second kappa shape index (κ2) is 7.17. The van der Waals surface area contributed by atoms with Gasteiger partial charge in [-0.25, -0.2) is 4.79 Å². The quantitative estimate of drug-likeness (QED) is 0.785. The Morgan fingerprint density at radius 2 is 1.91 bits per heavy atom. The van der Waals surface area contributed by atoms with Crippen LogP contribution in [0.2, 0.25) is 0 Å². The third-order valence-electron chi connectivity index (χ3n) is 4.08. The Bertz CT molecular complexity index is 617. The van der Waals surface area contributed by atoms with Gasteiger partial charge in [-0.15, -0.1) is 0 Å². The molecular formula is C17H21NO5. The van der Waals surface area contributed by atoms with Gasteiger partial charge in [0.1, 0.15) is 17.0 Å². The fraction of sp³-hybridized carbons (Fsp3) is 0.412. The summed E-state index contributed by atoms with van der Waals surface area (Å²) < 4.78 is 10.4. The van der Waals surface area contributed by atoms with E-state index in [1.165, 1.54) is 13.2 Å². The first-order valence-electron chi connectivity index (χ1n) is 7.46. The van der Waals surface area contributed by atoms with Crippen LogP contribution in [-0.4, -0.2) is 36.7 Å². The van der Waals surface area contributed by atoms with Crippen LogP contribution < -0.4 is 14.8 Å². The van der Waals surface area contributed by atoms with Crippen molar-refractivity contribution >= 4 is 18.0 Å². The van der Waals surface area contributed by atoms with E-state index < -0.39 is 17.4 Å². The number of carbonyl (C=O) groups is 2. The van der Waals surface area contributed by atoms with E-state index in [4.69, 9.17) is 9.47 Å². The number of nitrogens with one attached hydrogen (secondary N) is 1. The summed E-state index contributed by atoms with van der Waals surface area (Å²) in [6.45, 7) is 0. The van der Waals surface area contributed by atoms with Crippen LogP contribution in [0.25, 0.3) is 6.08 Å². The Kier molecular flexibility index (Phi) is 5.26. The molecule has 0 unspecified atom stereocenters. The summed E-state index contributed by atoms with van der Waals surface area (Å²) in [5.41, 5.74) is -0.426. The predicted molar refractivity (Wildman–Crippen MR) is 85.6 cm³/mol. The number of hydrogen-bond donors (Lipinski definition) is 2. The highest BCUT2D eigenvalue weighted by molar-refractivity contribution is 5.96. The zero-order chi connectivity index (χ0) is 16.9. The van der Waals surface area contributed by atoms with Crippen molar-refractivity contribution in [1.82, 2.24) is 5.32 Å². The van der Waals surface area contributed by atoms with E-state index in [2.05, 4.69) is 5.32 Å². The third-order valence-corrected chi connectivity index (χ3v) is 4.08. The molecule has 0 bridgehead atoms. The van der Waals surface area contributed by atoms with Gasteiger partial charge in [-0.2, -0.15) is 0 Å². The van der Waals surface area contributed by atoms with Crippen molar-refractivity contribution in [3.05, 3.63) is 29.8 Å². The maximum atomic E-state index is 12.1. The molecule has 1 fully saturated rings. The molecule has 0 heterocycles. The minimum absolute atomic E-state index is 0.424. The van der Waals surface area contributed by atoms with Crippen LogP contribution in [-0.2, 0) is 9.59 Å². The monoisotopic (exact) mass is 319 g/mol. The van der Waals surface area contributed by atoms with Crippen LogP contribution in [0, 0.1) is 0 Å². The van der Waals surface area contributed by atoms with Gasteiger partial charge in [-0.1, -0.05) is 12.8 Å². The van der Waals surface area contributed by atoms with E-state index in [1.807, 2.05) is 0 Å². The second-order valence-electron chi connectivity index (χ2n) is 5.52. The standard InChI is InChI=1S/C17H21NO5/c1-22-13-7-5-12(14(11-13)23-2)6-8-15(19)18-17(16(20)21)9-3-4-10-17/h5-8,11H,3-4,9-10H2,1-2H3,(H,18,19)(H,20,21)/b8-6+. The maximum absolute atomic E-state index is 12.1. The molecule has 1 saturated carbocycles. The largest absolute Gasteiger partial charge is 0.497 e. The minimum Gasteiger partial charge on any atom is -0.497 e. The Hall–Kier alpha value is -2.50. The van der Waals surface area contributed by atoms with Crippen LogP contribution >= 0.6 is 0 Å². The van der Waals surface area contributed by atoms with Crippen LogP contribution in [0.4, 0.5) is 0 Å². The van der Waals surface area contributed by atoms with Crippen LogP contribution in [0.5, 0.6) is 11.5 Å². The van der Waals surface area contributed by atoms with Gasteiger partial charge in [0.2, 0.25) is 5.91 Å². The summed E-state index contributed by atoms with van der Waals surface area (Å²) >= 11 is 0. The lowest BCUT2D eigenvalue weighted by Gasteiger charge is -2.24. The number of aliphatic carboxylic acids is 1. The van der Waals surface area contributed by atoms with Gasteiger partial charge >= 0.3 is 5.97 Å². The van der Waals surface area contributed by atoms with Crippen molar-refractivity contribution in [3.63, 3.8) is 0 Å². The summed E-state index contributed by atoms with van der Waals surface area (Å²) in [6, 6.07) is 5.24. The number of carboxylic acids is 1. The number of amides is 1. The number of carbonyl (C=O) groups excluding carboxylic acids is 1. The highest BCUT2D eigenvalue weighted by Crippen LogP contribution is 2.30. The molecule has 23 heavy (non-hydrogen) atoms. The van der Waals surface area contributed by atoms with Gasteiger partial charge in [0.05, 0.1) is 14.2 Å². The Morgan fingerprint density at radius 1 is 1.22 bits per heavy atom. The fourth-order valence-corrected chi connectivity index (χ4v) is 2.77. The first-order chi connectivity index (χ1) is 11.0. The van der Waals surface area contributed by atoms with E-state index in [-0.39, 0.29) is 0 Å². The molecule has 1 aliphatic rings. The maximum Gasteiger partial charge on any atom is 0.329 e. The van der Waals surface area contributed by atoms with Crippen LogP contribution in [0.1, 0.15) is 31.2 Å². The molecule has 1 amide bonds. The molecule has 1 aliphatic carbocycles. The first-order valence-corrected chi connectivity index (χ1v) is 7.46. The van der Waals surface area contributed by atoms with Gasteiger partial charge in [0, 0.05) is 17.7 Å². The fourth-order valence-electron chi connectivity index (χ4n) is 2.77. The van der Waals surface area contributed by atoms with Crippen molar-refractivity contribution in [2.45, 2.75) is 31.2 Å². The molecule has 1 aromatic rings. The van der Waals surface area contributed by atoms with E-state index in [0.29, 0.717) is 29.9 Å². The molecule has 6 heteroatoms. The number of rotatable bonds is 6. The lowest BCUT2D eigenvalue weighted by molar-refractivity contribution is -0.146. The molecule has 124 valence electrons. The highest BCUT2D eigenvalue weighted by Gasteiger charge is 2.42. The average Bonchev–Trinajstić information content (AvgIpc) is 3.02. The molecule has 0 radical (unpaired) electrons. The number of methoxy groups -OCH3 is 2. The zero-order valence-corrected chi connectivity index (χ0v) is 13.3. The minimum atomic E-state index is -1.13. The van der Waals surface area contributed by atoms with E-state index in [9.17, 15) is 14.7 Å². The first kappa shape index (κ1) is 16.9. The van der Waals surface area contributed by atoms with Gasteiger partial charge in [-0.3, -0.25) is 4.79 Å². The molecule has 0 spiro atoms. The summed E-state index contributed by atoms with van der Waals surface area (Å²) in [5.74, 6) is -0.174. The molecule has 6 nitrogen and oxygen atoms in total. The molecular weight excluding hydrogens is 298 g/mol. The summed E-state index contributed by atoms with van der Waals surface area (Å²) in [4.78, 5) is 23.5. The Morgan fingerprint density at radius 3 is 2.48 bits per heavy atom. The Balaban J connectivity index is 2.10. The number of ether oxygens (including phenoxy) is 2.